The van der Waals surface area contributed by atoms with E-state index in [0.717, 1.165) is 12.8 Å². The van der Waals surface area contributed by atoms with E-state index in [9.17, 15) is 0 Å². The van der Waals surface area contributed by atoms with Crippen LogP contribution < -0.4 is 0 Å². The molecule has 2 nitrogen and oxygen atoms in total. The maximum absolute atomic E-state index is 2.44. The summed E-state index contributed by atoms with van der Waals surface area (Å²) in [5, 5.41) is 5.15. The van der Waals surface area contributed by atoms with Crippen molar-refractivity contribution in [2.24, 2.45) is 0 Å². The zero-order chi connectivity index (χ0) is 32.2. The Morgan fingerprint density at radius 2 is 0.646 bits per heavy atom. The van der Waals surface area contributed by atoms with Crippen molar-refractivity contribution in [2.75, 3.05) is 0 Å². The van der Waals surface area contributed by atoms with Gasteiger partial charge in [-0.25, -0.2) is 0 Å². The summed E-state index contributed by atoms with van der Waals surface area (Å²) in [6.45, 7) is 4.54. The average Bonchev–Trinajstić information content (AvgIpc) is 3.68. The molecule has 9 aromatic rings. The second kappa shape index (κ2) is 11.4. The molecular weight excluding hydrogens is 581 g/mol. The number of hydrogen-bond acceptors (Lipinski definition) is 0. The summed E-state index contributed by atoms with van der Waals surface area (Å²) in [7, 11) is 0. The van der Waals surface area contributed by atoms with Gasteiger partial charge in [-0.3, -0.25) is 0 Å². The molecule has 2 heterocycles. The van der Waals surface area contributed by atoms with Crippen LogP contribution in [0.4, 0.5) is 0 Å². The van der Waals surface area contributed by atoms with Crippen LogP contribution in [0.1, 0.15) is 25.0 Å². The molecule has 7 aromatic carbocycles. The fourth-order valence-corrected chi connectivity index (χ4v) is 7.79. The minimum Gasteiger partial charge on any atom is -0.309 e. The number of benzene rings is 7. The van der Waals surface area contributed by atoms with Crippen LogP contribution in [0.3, 0.4) is 0 Å². The fraction of sp³-hybridized carbons (Fsp3) is 0.0870. The second-order valence-electron chi connectivity index (χ2n) is 12.7. The van der Waals surface area contributed by atoms with Crippen molar-refractivity contribution >= 4 is 43.6 Å². The van der Waals surface area contributed by atoms with Gasteiger partial charge in [0.05, 0.1) is 22.1 Å². The highest BCUT2D eigenvalue weighted by molar-refractivity contribution is 6.10. The Morgan fingerprint density at radius 3 is 0.938 bits per heavy atom. The molecule has 0 saturated heterocycles. The normalized spacial score (nSPS) is 11.7. The van der Waals surface area contributed by atoms with Gasteiger partial charge in [0.1, 0.15) is 0 Å². The Morgan fingerprint density at radius 1 is 0.354 bits per heavy atom. The van der Waals surface area contributed by atoms with Crippen molar-refractivity contribution in [3.05, 3.63) is 169 Å². The largest absolute Gasteiger partial charge is 0.309 e. The van der Waals surface area contributed by atoms with Gasteiger partial charge in [-0.1, -0.05) is 123 Å². The molecule has 0 spiro atoms. The topological polar surface area (TPSA) is 9.86 Å². The zero-order valence-corrected chi connectivity index (χ0v) is 27.3. The molecule has 0 aliphatic rings. The maximum Gasteiger partial charge on any atom is 0.0541 e. The van der Waals surface area contributed by atoms with Gasteiger partial charge in [-0.05, 0) is 94.8 Å². The summed E-state index contributed by atoms with van der Waals surface area (Å²) < 4.78 is 4.78. The molecule has 0 aliphatic heterocycles. The van der Waals surface area contributed by atoms with Crippen molar-refractivity contribution < 1.29 is 0 Å². The van der Waals surface area contributed by atoms with Crippen molar-refractivity contribution in [1.29, 1.82) is 0 Å². The Balaban J connectivity index is 1.10. The van der Waals surface area contributed by atoms with Gasteiger partial charge in [0.15, 0.2) is 0 Å². The molecule has 0 aliphatic carbocycles. The summed E-state index contributed by atoms with van der Waals surface area (Å²) in [5.41, 5.74) is 15.3. The Labute approximate surface area is 281 Å². The van der Waals surface area contributed by atoms with Gasteiger partial charge in [-0.15, -0.1) is 0 Å². The minimum atomic E-state index is 0.973. The monoisotopic (exact) mass is 616 g/mol. The van der Waals surface area contributed by atoms with Crippen LogP contribution in [-0.2, 0) is 12.8 Å². The Bertz CT molecular complexity index is 2320. The van der Waals surface area contributed by atoms with Gasteiger partial charge >= 0.3 is 0 Å². The maximum atomic E-state index is 2.44. The van der Waals surface area contributed by atoms with E-state index in [-0.39, 0.29) is 0 Å². The fourth-order valence-electron chi connectivity index (χ4n) is 7.79. The molecule has 0 radical (unpaired) electrons. The first-order valence-electron chi connectivity index (χ1n) is 17.1. The molecule has 0 amide bonds. The molecule has 0 unspecified atom stereocenters. The lowest BCUT2D eigenvalue weighted by Gasteiger charge is -2.17. The molecular formula is C46H36N2. The highest BCUT2D eigenvalue weighted by Crippen LogP contribution is 2.37. The summed E-state index contributed by atoms with van der Waals surface area (Å²) in [5.74, 6) is 0. The second-order valence-corrected chi connectivity index (χ2v) is 12.7. The summed E-state index contributed by atoms with van der Waals surface area (Å²) >= 11 is 0. The Hall–Kier alpha value is -5.86. The SMILES string of the molecule is CCc1cc(-c2ccc(-n3c4ccccc4c4ccccc43)cc2)c(CC)cc1-c1ccc(-n2c3ccccc3c3ccccc32)cc1. The lowest BCUT2D eigenvalue weighted by molar-refractivity contribution is 1.10. The van der Waals surface area contributed by atoms with E-state index in [0.29, 0.717) is 0 Å². The van der Waals surface area contributed by atoms with Gasteiger partial charge in [0.2, 0.25) is 0 Å². The number of fused-ring (bicyclic) bond motifs is 6. The van der Waals surface area contributed by atoms with Crippen LogP contribution in [0.25, 0.3) is 77.2 Å². The molecule has 48 heavy (non-hydrogen) atoms. The highest BCUT2D eigenvalue weighted by Gasteiger charge is 2.16. The number of hydrogen-bond donors (Lipinski definition) is 0. The number of aromatic nitrogens is 2. The number of aryl methyl sites for hydroxylation is 2. The molecule has 0 saturated carbocycles. The van der Waals surface area contributed by atoms with Crippen LogP contribution in [-0.4, -0.2) is 9.13 Å². The third-order valence-corrected chi connectivity index (χ3v) is 10.1. The third kappa shape index (κ3) is 4.41. The van der Waals surface area contributed by atoms with Gasteiger partial charge in [0.25, 0.3) is 0 Å². The molecule has 0 N–H and O–H groups in total. The van der Waals surface area contributed by atoms with E-state index in [1.165, 1.54) is 88.4 Å². The number of rotatable bonds is 6. The Kier molecular flexibility index (Phi) is 6.76. The molecule has 2 aromatic heterocycles. The van der Waals surface area contributed by atoms with Gasteiger partial charge in [-0.2, -0.15) is 0 Å². The summed E-state index contributed by atoms with van der Waals surface area (Å²) in [4.78, 5) is 0. The van der Waals surface area contributed by atoms with Crippen molar-refractivity contribution in [3.8, 4) is 33.6 Å². The van der Waals surface area contributed by atoms with Crippen molar-refractivity contribution in [3.63, 3.8) is 0 Å². The highest BCUT2D eigenvalue weighted by atomic mass is 15.0. The van der Waals surface area contributed by atoms with Crippen LogP contribution in [0.15, 0.2) is 158 Å². The summed E-state index contributed by atoms with van der Waals surface area (Å²) in [6.07, 6.45) is 1.95. The smallest absolute Gasteiger partial charge is 0.0541 e. The van der Waals surface area contributed by atoms with E-state index < -0.39 is 0 Å². The standard InChI is InChI=1S/C46H36N2/c1-3-31-29-42(34-23-27-36(28-24-34)48-45-19-11-7-15-39(45)40-16-8-12-20-46(40)48)32(4-2)30-41(31)33-21-25-35(26-22-33)47-43-17-9-5-13-37(43)38-14-6-10-18-44(38)47/h5-30H,3-4H2,1-2H3. The van der Waals surface area contributed by atoms with Crippen LogP contribution >= 0.6 is 0 Å². The van der Waals surface area contributed by atoms with E-state index in [1.807, 2.05) is 0 Å². The first-order chi connectivity index (χ1) is 23.7. The van der Waals surface area contributed by atoms with Crippen LogP contribution in [0.2, 0.25) is 0 Å². The van der Waals surface area contributed by atoms with E-state index in [2.05, 4.69) is 181 Å². The molecule has 230 valence electrons. The number of para-hydroxylation sites is 4. The molecule has 0 bridgehead atoms. The van der Waals surface area contributed by atoms with E-state index in [4.69, 9.17) is 0 Å². The lowest BCUT2D eigenvalue weighted by atomic mass is 9.89. The molecule has 0 fully saturated rings. The van der Waals surface area contributed by atoms with Crippen molar-refractivity contribution in [2.45, 2.75) is 26.7 Å². The third-order valence-electron chi connectivity index (χ3n) is 10.1. The molecule has 9 rings (SSSR count). The first-order valence-corrected chi connectivity index (χ1v) is 17.1. The van der Waals surface area contributed by atoms with Gasteiger partial charge < -0.3 is 9.13 Å². The van der Waals surface area contributed by atoms with E-state index in [1.54, 1.807) is 0 Å². The lowest BCUT2D eigenvalue weighted by Crippen LogP contribution is -1.97. The predicted molar refractivity (Wildman–Crippen MR) is 205 cm³/mol. The predicted octanol–water partition coefficient (Wildman–Crippen LogP) is 12.3. The van der Waals surface area contributed by atoms with Crippen LogP contribution in [0.5, 0.6) is 0 Å². The molecule has 0 atom stereocenters. The summed E-state index contributed by atoms with van der Waals surface area (Å²) in [6, 6.07) is 58.0. The quantitative estimate of drug-likeness (QED) is 0.176. The first kappa shape index (κ1) is 28.4. The van der Waals surface area contributed by atoms with E-state index >= 15 is 0 Å². The number of nitrogens with zero attached hydrogens (tertiary/aromatic N) is 2. The van der Waals surface area contributed by atoms with Crippen LogP contribution in [0, 0.1) is 0 Å². The van der Waals surface area contributed by atoms with Crippen molar-refractivity contribution in [1.82, 2.24) is 9.13 Å². The average molecular weight is 617 g/mol. The zero-order valence-electron chi connectivity index (χ0n) is 27.3. The molecule has 2 heteroatoms. The minimum absolute atomic E-state index is 0.973. The van der Waals surface area contributed by atoms with Gasteiger partial charge in [0, 0.05) is 32.9 Å².